The van der Waals surface area contributed by atoms with E-state index in [1.807, 2.05) is 12.1 Å². The van der Waals surface area contributed by atoms with Crippen molar-refractivity contribution in [3.05, 3.63) is 41.5 Å². The number of aliphatic hydroxyl groups is 1. The summed E-state index contributed by atoms with van der Waals surface area (Å²) in [6, 6.07) is 7.23. The van der Waals surface area contributed by atoms with Gasteiger partial charge in [0.15, 0.2) is 6.29 Å². The zero-order chi connectivity index (χ0) is 8.81. The molecule has 0 radical (unpaired) electrons. The summed E-state index contributed by atoms with van der Waals surface area (Å²) in [5.74, 6) is 0. The molecule has 1 aromatic carbocycles. The van der Waals surface area contributed by atoms with E-state index in [2.05, 4.69) is 0 Å². The highest BCUT2D eigenvalue weighted by Crippen LogP contribution is 2.07. The fourth-order valence-electron chi connectivity index (χ4n) is 0.950. The number of carbonyl (C=O) groups excluding carboxylic acids is 1. The van der Waals surface area contributed by atoms with Crippen molar-refractivity contribution in [3.8, 4) is 0 Å². The minimum absolute atomic E-state index is 0.00675. The molecule has 1 N–H and O–H groups in total. The molecular formula is C10H10O2. The number of rotatable bonds is 3. The summed E-state index contributed by atoms with van der Waals surface area (Å²) < 4.78 is 0. The van der Waals surface area contributed by atoms with Crippen LogP contribution in [0, 0.1) is 0 Å². The third-order valence-electron chi connectivity index (χ3n) is 1.53. The van der Waals surface area contributed by atoms with E-state index in [-0.39, 0.29) is 6.61 Å². The van der Waals surface area contributed by atoms with E-state index in [4.69, 9.17) is 5.11 Å². The lowest BCUT2D eigenvalue weighted by atomic mass is 10.1. The predicted octanol–water partition coefficient (Wildman–Crippen LogP) is 1.50. The summed E-state index contributed by atoms with van der Waals surface area (Å²) in [7, 11) is 0. The molecule has 0 saturated heterocycles. The quantitative estimate of drug-likeness (QED) is 0.684. The molecule has 12 heavy (non-hydrogen) atoms. The first-order valence-electron chi connectivity index (χ1n) is 3.70. The third kappa shape index (κ3) is 2.04. The summed E-state index contributed by atoms with van der Waals surface area (Å²) in [5.41, 5.74) is 1.48. The second-order valence-electron chi connectivity index (χ2n) is 2.33. The molecule has 1 rings (SSSR count). The molecule has 2 heteroatoms. The Balaban J connectivity index is 2.96. The molecule has 0 aliphatic rings. The van der Waals surface area contributed by atoms with E-state index >= 15 is 0 Å². The van der Waals surface area contributed by atoms with Crippen LogP contribution in [0.2, 0.25) is 0 Å². The summed E-state index contributed by atoms with van der Waals surface area (Å²) in [4.78, 5) is 10.5. The van der Waals surface area contributed by atoms with Gasteiger partial charge in [-0.2, -0.15) is 0 Å². The van der Waals surface area contributed by atoms with Crippen LogP contribution in [-0.2, 0) is 0 Å². The Morgan fingerprint density at radius 1 is 1.25 bits per heavy atom. The zero-order valence-corrected chi connectivity index (χ0v) is 6.60. The monoisotopic (exact) mass is 162 g/mol. The van der Waals surface area contributed by atoms with Gasteiger partial charge < -0.3 is 5.11 Å². The van der Waals surface area contributed by atoms with Crippen LogP contribution in [0.15, 0.2) is 30.3 Å². The topological polar surface area (TPSA) is 37.3 Å². The Kier molecular flexibility index (Phi) is 3.23. The van der Waals surface area contributed by atoms with E-state index < -0.39 is 0 Å². The highest BCUT2D eigenvalue weighted by atomic mass is 16.2. The molecule has 0 amide bonds. The van der Waals surface area contributed by atoms with Gasteiger partial charge in [0.25, 0.3) is 0 Å². The average Bonchev–Trinajstić information content (AvgIpc) is 2.15. The predicted molar refractivity (Wildman–Crippen MR) is 47.9 cm³/mol. The molecular weight excluding hydrogens is 152 g/mol. The Morgan fingerprint density at radius 2 is 1.92 bits per heavy atom. The van der Waals surface area contributed by atoms with E-state index in [9.17, 15) is 4.79 Å². The maximum Gasteiger partial charge on any atom is 0.150 e. The van der Waals surface area contributed by atoms with Crippen LogP contribution in [0.25, 0.3) is 6.08 Å². The van der Waals surface area contributed by atoms with Gasteiger partial charge in [0, 0.05) is 5.56 Å². The summed E-state index contributed by atoms with van der Waals surface area (Å²) in [6.07, 6.45) is 4.13. The third-order valence-corrected chi connectivity index (χ3v) is 1.53. The van der Waals surface area contributed by atoms with Gasteiger partial charge in [-0.15, -0.1) is 0 Å². The highest BCUT2D eigenvalue weighted by molar-refractivity contribution is 5.81. The van der Waals surface area contributed by atoms with Gasteiger partial charge in [0.05, 0.1) is 6.61 Å². The summed E-state index contributed by atoms with van der Waals surface area (Å²) >= 11 is 0. The van der Waals surface area contributed by atoms with E-state index in [1.54, 1.807) is 24.3 Å². The van der Waals surface area contributed by atoms with Gasteiger partial charge in [-0.05, 0) is 5.56 Å². The first kappa shape index (κ1) is 8.68. The fourth-order valence-corrected chi connectivity index (χ4v) is 0.950. The minimum atomic E-state index is -0.00675. The van der Waals surface area contributed by atoms with Crippen molar-refractivity contribution in [3.63, 3.8) is 0 Å². The molecule has 2 nitrogen and oxygen atoms in total. The SMILES string of the molecule is O=Cc1ccccc1/C=C/CO. The van der Waals surface area contributed by atoms with Crippen LogP contribution < -0.4 is 0 Å². The lowest BCUT2D eigenvalue weighted by Crippen LogP contribution is -1.84. The molecule has 0 bridgehead atoms. The van der Waals surface area contributed by atoms with Crippen molar-refractivity contribution < 1.29 is 9.90 Å². The number of hydrogen-bond donors (Lipinski definition) is 1. The lowest BCUT2D eigenvalue weighted by Gasteiger charge is -1.95. The van der Waals surface area contributed by atoms with Crippen molar-refractivity contribution in [2.24, 2.45) is 0 Å². The second-order valence-corrected chi connectivity index (χ2v) is 2.33. The molecule has 0 spiro atoms. The molecule has 0 heterocycles. The number of carbonyl (C=O) groups is 1. The Bertz CT molecular complexity index is 290. The first-order valence-corrected chi connectivity index (χ1v) is 3.70. The first-order chi connectivity index (χ1) is 5.88. The van der Waals surface area contributed by atoms with E-state index in [1.165, 1.54) is 0 Å². The van der Waals surface area contributed by atoms with Crippen molar-refractivity contribution in [1.29, 1.82) is 0 Å². The Labute approximate surface area is 71.2 Å². The molecule has 1 aromatic rings. The molecule has 0 aromatic heterocycles. The second kappa shape index (κ2) is 4.46. The highest BCUT2D eigenvalue weighted by Gasteiger charge is 1.93. The van der Waals surface area contributed by atoms with Crippen molar-refractivity contribution in [1.82, 2.24) is 0 Å². The van der Waals surface area contributed by atoms with Crippen molar-refractivity contribution in [2.45, 2.75) is 0 Å². The van der Waals surface area contributed by atoms with Gasteiger partial charge in [0.2, 0.25) is 0 Å². The maximum atomic E-state index is 10.5. The summed E-state index contributed by atoms with van der Waals surface area (Å²) in [6.45, 7) is -0.00675. The van der Waals surface area contributed by atoms with Crippen LogP contribution in [-0.4, -0.2) is 18.0 Å². The number of aldehydes is 1. The van der Waals surface area contributed by atoms with E-state index in [0.717, 1.165) is 11.8 Å². The van der Waals surface area contributed by atoms with Gasteiger partial charge in [0.1, 0.15) is 0 Å². The van der Waals surface area contributed by atoms with Crippen molar-refractivity contribution >= 4 is 12.4 Å². The zero-order valence-electron chi connectivity index (χ0n) is 6.60. The molecule has 0 saturated carbocycles. The smallest absolute Gasteiger partial charge is 0.150 e. The van der Waals surface area contributed by atoms with Crippen LogP contribution in [0.3, 0.4) is 0 Å². The largest absolute Gasteiger partial charge is 0.392 e. The lowest BCUT2D eigenvalue weighted by molar-refractivity contribution is 0.112. The van der Waals surface area contributed by atoms with Gasteiger partial charge in [-0.25, -0.2) is 0 Å². The molecule has 0 aliphatic carbocycles. The average molecular weight is 162 g/mol. The van der Waals surface area contributed by atoms with Crippen LogP contribution in [0.4, 0.5) is 0 Å². The maximum absolute atomic E-state index is 10.5. The van der Waals surface area contributed by atoms with Crippen LogP contribution >= 0.6 is 0 Å². The number of aliphatic hydroxyl groups excluding tert-OH is 1. The number of hydrogen-bond acceptors (Lipinski definition) is 2. The molecule has 0 atom stereocenters. The Hall–Kier alpha value is -1.41. The Morgan fingerprint density at radius 3 is 2.50 bits per heavy atom. The van der Waals surface area contributed by atoms with Crippen molar-refractivity contribution in [2.75, 3.05) is 6.61 Å². The molecule has 0 aliphatic heterocycles. The van der Waals surface area contributed by atoms with Gasteiger partial charge in [-0.1, -0.05) is 36.4 Å². The minimum Gasteiger partial charge on any atom is -0.392 e. The molecule has 0 fully saturated rings. The van der Waals surface area contributed by atoms with Gasteiger partial charge >= 0.3 is 0 Å². The molecule has 62 valence electrons. The van der Waals surface area contributed by atoms with Crippen LogP contribution in [0.5, 0.6) is 0 Å². The molecule has 0 unspecified atom stereocenters. The van der Waals surface area contributed by atoms with Crippen LogP contribution in [0.1, 0.15) is 15.9 Å². The normalized spacial score (nSPS) is 10.4. The van der Waals surface area contributed by atoms with E-state index in [0.29, 0.717) is 5.56 Å². The van der Waals surface area contributed by atoms with Gasteiger partial charge in [-0.3, -0.25) is 4.79 Å². The fraction of sp³-hybridized carbons (Fsp3) is 0.100. The number of benzene rings is 1. The summed E-state index contributed by atoms with van der Waals surface area (Å²) in [5, 5.41) is 8.52. The standard InChI is InChI=1S/C10H10O2/c11-7-3-6-9-4-1-2-5-10(9)8-12/h1-6,8,11H,7H2/b6-3+.